The molecular formula is C18H24N6O. The number of anilines is 1. The lowest BCUT2D eigenvalue weighted by Crippen LogP contribution is -2.33. The molecule has 0 aliphatic carbocycles. The first-order valence-electron chi connectivity index (χ1n) is 8.87. The normalized spacial score (nSPS) is 23.2. The minimum Gasteiger partial charge on any atom is -0.356 e. The summed E-state index contributed by atoms with van der Waals surface area (Å²) in [4.78, 5) is 29.6. The van der Waals surface area contributed by atoms with E-state index in [-0.39, 0.29) is 5.56 Å². The molecule has 2 saturated heterocycles. The van der Waals surface area contributed by atoms with E-state index in [1.807, 2.05) is 13.1 Å². The molecule has 7 heteroatoms. The zero-order valence-electron chi connectivity index (χ0n) is 14.8. The Balaban J connectivity index is 1.34. The van der Waals surface area contributed by atoms with Gasteiger partial charge in [0.25, 0.3) is 5.56 Å². The molecular weight excluding hydrogens is 316 g/mol. The molecule has 2 aliphatic rings. The van der Waals surface area contributed by atoms with Crippen molar-refractivity contribution in [3.63, 3.8) is 0 Å². The van der Waals surface area contributed by atoms with E-state index in [2.05, 4.69) is 31.7 Å². The maximum absolute atomic E-state index is 12.0. The van der Waals surface area contributed by atoms with Crippen LogP contribution in [-0.4, -0.2) is 57.1 Å². The lowest BCUT2D eigenvalue weighted by molar-refractivity contribution is 0.300. The van der Waals surface area contributed by atoms with Gasteiger partial charge in [-0.15, -0.1) is 0 Å². The van der Waals surface area contributed by atoms with Crippen LogP contribution >= 0.6 is 0 Å². The van der Waals surface area contributed by atoms with Crippen LogP contribution in [0.1, 0.15) is 11.3 Å². The van der Waals surface area contributed by atoms with Gasteiger partial charge in [-0.3, -0.25) is 9.36 Å². The van der Waals surface area contributed by atoms with Gasteiger partial charge >= 0.3 is 0 Å². The van der Waals surface area contributed by atoms with Crippen LogP contribution in [0.3, 0.4) is 0 Å². The quantitative estimate of drug-likeness (QED) is 0.817. The lowest BCUT2D eigenvalue weighted by atomic mass is 10.0. The first-order chi connectivity index (χ1) is 12.1. The van der Waals surface area contributed by atoms with Crippen LogP contribution in [0.25, 0.3) is 0 Å². The molecule has 0 N–H and O–H groups in total. The Bertz CT molecular complexity index is 805. The van der Waals surface area contributed by atoms with Crippen LogP contribution in [-0.2, 0) is 6.54 Å². The van der Waals surface area contributed by atoms with Crippen molar-refractivity contribution in [3.05, 3.63) is 46.5 Å². The van der Waals surface area contributed by atoms with Gasteiger partial charge in [0.05, 0.1) is 6.33 Å². The van der Waals surface area contributed by atoms with Gasteiger partial charge in [-0.25, -0.2) is 15.0 Å². The fraction of sp³-hybridized carbons (Fsp3) is 0.556. The van der Waals surface area contributed by atoms with Gasteiger partial charge in [0, 0.05) is 62.8 Å². The Kier molecular flexibility index (Phi) is 4.25. The van der Waals surface area contributed by atoms with E-state index in [0.29, 0.717) is 18.4 Å². The molecule has 0 amide bonds. The first-order valence-corrected chi connectivity index (χ1v) is 8.87. The van der Waals surface area contributed by atoms with Crippen LogP contribution in [0, 0.1) is 25.7 Å². The molecule has 2 aromatic heterocycles. The number of hydrogen-bond acceptors (Lipinski definition) is 6. The number of hydrogen-bond donors (Lipinski definition) is 0. The van der Waals surface area contributed by atoms with E-state index in [9.17, 15) is 4.79 Å². The zero-order valence-corrected chi connectivity index (χ0v) is 14.8. The number of fused-ring (bicyclic) bond motifs is 1. The Labute approximate surface area is 147 Å². The highest BCUT2D eigenvalue weighted by Gasteiger charge is 2.40. The molecule has 0 spiro atoms. The molecule has 2 aromatic rings. The highest BCUT2D eigenvalue weighted by atomic mass is 16.1. The molecule has 2 unspecified atom stereocenters. The summed E-state index contributed by atoms with van der Waals surface area (Å²) in [5, 5.41) is 0. The second kappa shape index (κ2) is 6.55. The van der Waals surface area contributed by atoms with Gasteiger partial charge in [0.2, 0.25) is 0 Å². The average molecular weight is 340 g/mol. The Morgan fingerprint density at radius 1 is 1.08 bits per heavy atom. The van der Waals surface area contributed by atoms with Crippen molar-refractivity contribution in [1.82, 2.24) is 24.4 Å². The second-order valence-corrected chi connectivity index (χ2v) is 7.28. The van der Waals surface area contributed by atoms with Crippen LogP contribution < -0.4 is 10.5 Å². The Morgan fingerprint density at radius 3 is 2.52 bits per heavy atom. The molecule has 0 saturated carbocycles. The molecule has 0 bridgehead atoms. The third kappa shape index (κ3) is 3.28. The number of likely N-dealkylation sites (tertiary alicyclic amines) is 1. The fourth-order valence-corrected chi connectivity index (χ4v) is 4.10. The molecule has 2 fully saturated rings. The van der Waals surface area contributed by atoms with E-state index in [1.165, 1.54) is 0 Å². The molecule has 4 heterocycles. The van der Waals surface area contributed by atoms with Crippen LogP contribution in [0.4, 0.5) is 5.82 Å². The minimum atomic E-state index is 0.0392. The number of rotatable bonds is 4. The summed E-state index contributed by atoms with van der Waals surface area (Å²) in [7, 11) is 0. The van der Waals surface area contributed by atoms with Crippen molar-refractivity contribution in [2.24, 2.45) is 11.8 Å². The van der Waals surface area contributed by atoms with Crippen LogP contribution in [0.15, 0.2) is 29.7 Å². The van der Waals surface area contributed by atoms with E-state index in [0.717, 1.165) is 49.8 Å². The van der Waals surface area contributed by atoms with Crippen molar-refractivity contribution < 1.29 is 0 Å². The number of aromatic nitrogens is 4. The van der Waals surface area contributed by atoms with E-state index in [1.54, 1.807) is 23.3 Å². The smallest absolute Gasteiger partial charge is 0.253 e. The van der Waals surface area contributed by atoms with Gasteiger partial charge in [-0.1, -0.05) is 0 Å². The third-order valence-electron chi connectivity index (χ3n) is 5.40. The molecule has 132 valence electrons. The van der Waals surface area contributed by atoms with Gasteiger partial charge in [0.15, 0.2) is 0 Å². The van der Waals surface area contributed by atoms with Gasteiger partial charge in [0.1, 0.15) is 12.1 Å². The van der Waals surface area contributed by atoms with E-state index >= 15 is 0 Å². The zero-order chi connectivity index (χ0) is 17.4. The molecule has 25 heavy (non-hydrogen) atoms. The average Bonchev–Trinajstić information content (AvgIpc) is 3.13. The molecule has 7 nitrogen and oxygen atoms in total. The van der Waals surface area contributed by atoms with Gasteiger partial charge in [-0.2, -0.15) is 0 Å². The SMILES string of the molecule is Cc1cc(=O)n(CCN2CC3CN(c4ncncc4C)CC3C2)cn1. The predicted octanol–water partition coefficient (Wildman–Crippen LogP) is 0.718. The largest absolute Gasteiger partial charge is 0.356 e. The van der Waals surface area contributed by atoms with Crippen molar-refractivity contribution in [3.8, 4) is 0 Å². The molecule has 2 atom stereocenters. The molecule has 2 aliphatic heterocycles. The van der Waals surface area contributed by atoms with Gasteiger partial charge < -0.3 is 9.80 Å². The maximum Gasteiger partial charge on any atom is 0.253 e. The van der Waals surface area contributed by atoms with Crippen molar-refractivity contribution >= 4 is 5.82 Å². The second-order valence-electron chi connectivity index (χ2n) is 7.28. The number of nitrogens with zero attached hydrogens (tertiary/aromatic N) is 6. The summed E-state index contributed by atoms with van der Waals surface area (Å²) in [6.45, 7) is 9.85. The van der Waals surface area contributed by atoms with Crippen molar-refractivity contribution in [2.45, 2.75) is 20.4 Å². The minimum absolute atomic E-state index is 0.0392. The highest BCUT2D eigenvalue weighted by Crippen LogP contribution is 2.33. The lowest BCUT2D eigenvalue weighted by Gasteiger charge is -2.23. The molecule has 0 aromatic carbocycles. The fourth-order valence-electron chi connectivity index (χ4n) is 4.10. The third-order valence-corrected chi connectivity index (χ3v) is 5.40. The predicted molar refractivity (Wildman–Crippen MR) is 95.6 cm³/mol. The first kappa shape index (κ1) is 16.2. The topological polar surface area (TPSA) is 67.2 Å². The summed E-state index contributed by atoms with van der Waals surface area (Å²) in [6, 6.07) is 1.60. The van der Waals surface area contributed by atoms with Crippen molar-refractivity contribution in [1.29, 1.82) is 0 Å². The van der Waals surface area contributed by atoms with Crippen LogP contribution in [0.5, 0.6) is 0 Å². The van der Waals surface area contributed by atoms with Gasteiger partial charge in [-0.05, 0) is 25.7 Å². The van der Waals surface area contributed by atoms with E-state index in [4.69, 9.17) is 0 Å². The summed E-state index contributed by atoms with van der Waals surface area (Å²) in [5.74, 6) is 2.44. The maximum atomic E-state index is 12.0. The van der Waals surface area contributed by atoms with E-state index < -0.39 is 0 Å². The standard InChI is InChI=1S/C18H24N6O/c1-13-6-19-11-20-18(13)24-9-15-7-22(8-16(15)10-24)3-4-23-12-21-14(2)5-17(23)25/h5-6,11-12,15-16H,3-4,7-10H2,1-2H3. The monoisotopic (exact) mass is 340 g/mol. The highest BCUT2D eigenvalue weighted by molar-refractivity contribution is 5.46. The van der Waals surface area contributed by atoms with Crippen LogP contribution in [0.2, 0.25) is 0 Å². The molecule has 4 rings (SSSR count). The summed E-state index contributed by atoms with van der Waals surface area (Å²) >= 11 is 0. The van der Waals surface area contributed by atoms with Crippen molar-refractivity contribution in [2.75, 3.05) is 37.6 Å². The summed E-state index contributed by atoms with van der Waals surface area (Å²) in [6.07, 6.45) is 5.18. The number of aryl methyl sites for hydroxylation is 2. The Morgan fingerprint density at radius 2 is 1.84 bits per heavy atom. The molecule has 0 radical (unpaired) electrons. The Hall–Kier alpha value is -2.28. The summed E-state index contributed by atoms with van der Waals surface area (Å²) in [5.41, 5.74) is 1.96. The summed E-state index contributed by atoms with van der Waals surface area (Å²) < 4.78 is 1.71.